The van der Waals surface area contributed by atoms with Crippen molar-refractivity contribution in [2.75, 3.05) is 0 Å². The summed E-state index contributed by atoms with van der Waals surface area (Å²) in [5.41, 5.74) is 1.10. The molecule has 0 aliphatic heterocycles. The average molecular weight is 180 g/mol. The van der Waals surface area contributed by atoms with Crippen LogP contribution in [0.4, 0.5) is 0 Å². The van der Waals surface area contributed by atoms with Crippen molar-refractivity contribution in [2.24, 2.45) is 5.92 Å². The number of hydrogen-bond acceptors (Lipinski definition) is 1. The quantitative estimate of drug-likeness (QED) is 0.607. The molecule has 1 nitrogen and oxygen atoms in total. The molecule has 0 heterocycles. The van der Waals surface area contributed by atoms with Crippen LogP contribution >= 0.6 is 0 Å². The van der Waals surface area contributed by atoms with E-state index in [4.69, 9.17) is 0 Å². The fourth-order valence-corrected chi connectivity index (χ4v) is 1.96. The summed E-state index contributed by atoms with van der Waals surface area (Å²) in [5.74, 6) is 0.983. The number of ketones is 1. The van der Waals surface area contributed by atoms with Crippen LogP contribution < -0.4 is 0 Å². The number of carbonyl (C=O) groups excluding carboxylic acids is 1. The van der Waals surface area contributed by atoms with Gasteiger partial charge in [0.1, 0.15) is 0 Å². The summed E-state index contributed by atoms with van der Waals surface area (Å²) in [6.07, 6.45) is 8.72. The Kier molecular flexibility index (Phi) is 4.20. The first-order chi connectivity index (χ1) is 6.24. The van der Waals surface area contributed by atoms with Gasteiger partial charge >= 0.3 is 0 Å². The summed E-state index contributed by atoms with van der Waals surface area (Å²) < 4.78 is 0. The van der Waals surface area contributed by atoms with Crippen molar-refractivity contribution in [3.8, 4) is 0 Å². The first-order valence-corrected chi connectivity index (χ1v) is 5.48. The van der Waals surface area contributed by atoms with Gasteiger partial charge in [0.2, 0.25) is 0 Å². The molecule has 0 spiro atoms. The van der Waals surface area contributed by atoms with Crippen molar-refractivity contribution in [2.45, 2.75) is 52.4 Å². The Labute approximate surface area is 81.2 Å². The third-order valence-electron chi connectivity index (χ3n) is 2.69. The molecule has 1 atom stereocenters. The predicted octanol–water partition coefficient (Wildman–Crippen LogP) is 3.49. The van der Waals surface area contributed by atoms with Crippen molar-refractivity contribution in [3.63, 3.8) is 0 Å². The minimum atomic E-state index is 0.397. The van der Waals surface area contributed by atoms with Crippen LogP contribution in [0.3, 0.4) is 0 Å². The number of allylic oxidation sites excluding steroid dienone is 2. The van der Waals surface area contributed by atoms with Crippen LogP contribution in [0, 0.1) is 5.92 Å². The molecule has 1 rings (SSSR count). The van der Waals surface area contributed by atoms with Crippen molar-refractivity contribution in [1.29, 1.82) is 0 Å². The van der Waals surface area contributed by atoms with E-state index in [0.29, 0.717) is 11.7 Å². The lowest BCUT2D eigenvalue weighted by Crippen LogP contribution is -2.09. The fraction of sp³-hybridized carbons (Fsp3) is 0.750. The summed E-state index contributed by atoms with van der Waals surface area (Å²) in [6, 6.07) is 0. The normalized spacial score (nSPS) is 23.5. The van der Waals surface area contributed by atoms with Gasteiger partial charge in [0.25, 0.3) is 0 Å². The highest BCUT2D eigenvalue weighted by molar-refractivity contribution is 5.95. The molecule has 0 N–H and O–H groups in total. The second kappa shape index (κ2) is 5.21. The van der Waals surface area contributed by atoms with Gasteiger partial charge < -0.3 is 0 Å². The molecular formula is C12H20O. The van der Waals surface area contributed by atoms with Crippen molar-refractivity contribution in [3.05, 3.63) is 11.6 Å². The molecule has 1 aliphatic rings. The van der Waals surface area contributed by atoms with E-state index in [1.165, 1.54) is 19.3 Å². The number of Topliss-reactive ketones (excluding diaryl/α,β-unsaturated/α-hetero) is 1. The summed E-state index contributed by atoms with van der Waals surface area (Å²) in [6.45, 7) is 4.40. The summed E-state index contributed by atoms with van der Waals surface area (Å²) in [5, 5.41) is 0. The van der Waals surface area contributed by atoms with Crippen LogP contribution in [0.15, 0.2) is 11.6 Å². The largest absolute Gasteiger partial charge is 0.295 e. The van der Waals surface area contributed by atoms with E-state index in [0.717, 1.165) is 24.8 Å². The smallest absolute Gasteiger partial charge is 0.158 e. The minimum Gasteiger partial charge on any atom is -0.295 e. The highest BCUT2D eigenvalue weighted by Crippen LogP contribution is 2.22. The molecule has 0 bridgehead atoms. The Morgan fingerprint density at radius 1 is 1.38 bits per heavy atom. The first kappa shape index (κ1) is 10.5. The zero-order valence-corrected chi connectivity index (χ0v) is 8.81. The molecule has 0 amide bonds. The first-order valence-electron chi connectivity index (χ1n) is 5.48. The number of rotatable bonds is 3. The zero-order chi connectivity index (χ0) is 9.68. The van der Waals surface area contributed by atoms with E-state index in [1.807, 2.05) is 0 Å². The summed E-state index contributed by atoms with van der Waals surface area (Å²) in [4.78, 5) is 11.5. The maximum atomic E-state index is 11.5. The van der Waals surface area contributed by atoms with E-state index in [-0.39, 0.29) is 0 Å². The molecule has 0 aromatic heterocycles. The van der Waals surface area contributed by atoms with Crippen LogP contribution in [0.2, 0.25) is 0 Å². The molecule has 74 valence electrons. The SMILES string of the molecule is CCCC(C)/C=C1\CCCCC1=O. The van der Waals surface area contributed by atoms with Gasteiger partial charge in [-0.3, -0.25) is 4.79 Å². The van der Waals surface area contributed by atoms with Crippen LogP contribution in [0.25, 0.3) is 0 Å². The molecular weight excluding hydrogens is 160 g/mol. The maximum Gasteiger partial charge on any atom is 0.158 e. The van der Waals surface area contributed by atoms with Crippen molar-refractivity contribution < 1.29 is 4.79 Å². The third-order valence-corrected chi connectivity index (χ3v) is 2.69. The Bertz CT molecular complexity index is 203. The Morgan fingerprint density at radius 2 is 2.08 bits per heavy atom. The van der Waals surface area contributed by atoms with Crippen molar-refractivity contribution in [1.82, 2.24) is 0 Å². The minimum absolute atomic E-state index is 0.397. The van der Waals surface area contributed by atoms with Gasteiger partial charge in [-0.25, -0.2) is 0 Å². The lowest BCUT2D eigenvalue weighted by Gasteiger charge is -2.14. The molecule has 13 heavy (non-hydrogen) atoms. The fourth-order valence-electron chi connectivity index (χ4n) is 1.96. The number of carbonyl (C=O) groups is 1. The average Bonchev–Trinajstić information content (AvgIpc) is 2.09. The molecule has 1 heteroatoms. The molecule has 0 aromatic carbocycles. The summed E-state index contributed by atoms with van der Waals surface area (Å²) >= 11 is 0. The molecule has 1 aliphatic carbocycles. The monoisotopic (exact) mass is 180 g/mol. The molecule has 1 fully saturated rings. The Morgan fingerprint density at radius 3 is 2.69 bits per heavy atom. The van der Waals surface area contributed by atoms with Gasteiger partial charge in [-0.15, -0.1) is 0 Å². The van der Waals surface area contributed by atoms with Crippen LogP contribution in [0.5, 0.6) is 0 Å². The van der Waals surface area contributed by atoms with Crippen LogP contribution in [-0.2, 0) is 4.79 Å². The van der Waals surface area contributed by atoms with Gasteiger partial charge in [-0.2, -0.15) is 0 Å². The van der Waals surface area contributed by atoms with Crippen LogP contribution in [0.1, 0.15) is 52.4 Å². The van der Waals surface area contributed by atoms with Gasteiger partial charge in [0.15, 0.2) is 5.78 Å². The molecule has 1 unspecified atom stereocenters. The van der Waals surface area contributed by atoms with Gasteiger partial charge in [-0.05, 0) is 37.2 Å². The predicted molar refractivity (Wildman–Crippen MR) is 55.6 cm³/mol. The van der Waals surface area contributed by atoms with E-state index in [1.54, 1.807) is 0 Å². The lowest BCUT2D eigenvalue weighted by molar-refractivity contribution is -0.116. The van der Waals surface area contributed by atoms with E-state index in [2.05, 4.69) is 19.9 Å². The molecule has 0 saturated heterocycles. The molecule has 1 saturated carbocycles. The lowest BCUT2D eigenvalue weighted by atomic mass is 9.90. The maximum absolute atomic E-state index is 11.5. The Hall–Kier alpha value is -0.590. The van der Waals surface area contributed by atoms with Crippen LogP contribution in [-0.4, -0.2) is 5.78 Å². The topological polar surface area (TPSA) is 17.1 Å². The standard InChI is InChI=1S/C12H20O/c1-3-6-10(2)9-11-7-4-5-8-12(11)13/h9-10H,3-8H2,1-2H3/b11-9+. The van der Waals surface area contributed by atoms with E-state index in [9.17, 15) is 4.79 Å². The zero-order valence-electron chi connectivity index (χ0n) is 8.81. The number of hydrogen-bond donors (Lipinski definition) is 0. The van der Waals surface area contributed by atoms with Crippen molar-refractivity contribution >= 4 is 5.78 Å². The van der Waals surface area contributed by atoms with Gasteiger partial charge in [0.05, 0.1) is 0 Å². The second-order valence-corrected chi connectivity index (χ2v) is 4.09. The van der Waals surface area contributed by atoms with E-state index >= 15 is 0 Å². The van der Waals surface area contributed by atoms with Gasteiger partial charge in [0, 0.05) is 6.42 Å². The highest BCUT2D eigenvalue weighted by atomic mass is 16.1. The molecule has 0 aromatic rings. The second-order valence-electron chi connectivity index (χ2n) is 4.09. The molecule has 0 radical (unpaired) electrons. The Balaban J connectivity index is 2.51. The summed E-state index contributed by atoms with van der Waals surface area (Å²) in [7, 11) is 0. The highest BCUT2D eigenvalue weighted by Gasteiger charge is 2.15. The van der Waals surface area contributed by atoms with Gasteiger partial charge in [-0.1, -0.05) is 26.3 Å². The van der Waals surface area contributed by atoms with E-state index < -0.39 is 0 Å². The third kappa shape index (κ3) is 3.33.